The smallest absolute Gasteiger partial charge is 0.426 e. The summed E-state index contributed by atoms with van der Waals surface area (Å²) in [6, 6.07) is 7.22. The number of non-ortho nitro benzene ring substituents is 2. The number of hydrogen-bond donors (Lipinski definition) is 0. The zero-order chi connectivity index (χ0) is 23.1. The number of nitro groups is 2. The Bertz CT molecular complexity index is 1030. The molecule has 0 aliphatic carbocycles. The fourth-order valence-electron chi connectivity index (χ4n) is 2.19. The molecule has 0 spiro atoms. The second-order valence-corrected chi connectivity index (χ2v) is 5.73. The summed E-state index contributed by atoms with van der Waals surface area (Å²) in [7, 11) is 0. The molecule has 0 saturated heterocycles. The molecule has 2 rings (SSSR count). The molecule has 162 valence electrons. The van der Waals surface area contributed by atoms with Crippen LogP contribution in [-0.4, -0.2) is 34.2 Å². The predicted molar refractivity (Wildman–Crippen MR) is 99.5 cm³/mol. The van der Waals surface area contributed by atoms with Crippen molar-refractivity contribution in [3.8, 4) is 11.5 Å². The minimum atomic E-state index is -1.33. The third-order valence-corrected chi connectivity index (χ3v) is 3.44. The van der Waals surface area contributed by atoms with E-state index >= 15 is 0 Å². The highest BCUT2D eigenvalue weighted by atomic mass is 16.7. The quantitative estimate of drug-likeness (QED) is 0.206. The van der Waals surface area contributed by atoms with Gasteiger partial charge in [-0.1, -0.05) is 0 Å². The minimum absolute atomic E-state index is 0.0925. The Morgan fingerprint density at radius 1 is 0.871 bits per heavy atom. The maximum Gasteiger partial charge on any atom is 0.519 e. The number of nitro benzene ring substituents is 2. The maximum absolute atomic E-state index is 12.3. The van der Waals surface area contributed by atoms with Crippen molar-refractivity contribution in [2.45, 2.75) is 20.1 Å². The third-order valence-electron chi connectivity index (χ3n) is 3.44. The topological polar surface area (TPSA) is 174 Å². The lowest BCUT2D eigenvalue weighted by atomic mass is 10.2. The number of hydrogen-bond acceptors (Lipinski definition) is 11. The molecule has 13 nitrogen and oxygen atoms in total. The third kappa shape index (κ3) is 6.49. The number of carbonyl (C=O) groups excluding carboxylic acids is 3. The van der Waals surface area contributed by atoms with Crippen LogP contribution in [0.5, 0.6) is 11.5 Å². The van der Waals surface area contributed by atoms with Crippen molar-refractivity contribution in [1.82, 2.24) is 0 Å². The van der Waals surface area contributed by atoms with Crippen LogP contribution in [0.2, 0.25) is 0 Å². The molecule has 2 aromatic carbocycles. The van der Waals surface area contributed by atoms with Gasteiger partial charge in [-0.3, -0.25) is 25.0 Å². The number of rotatable bonds is 7. The van der Waals surface area contributed by atoms with Crippen molar-refractivity contribution in [3.05, 3.63) is 68.3 Å². The second kappa shape index (κ2) is 9.78. The average Bonchev–Trinajstić information content (AvgIpc) is 2.67. The highest BCUT2D eigenvalue weighted by Gasteiger charge is 2.24. The van der Waals surface area contributed by atoms with Crippen LogP contribution < -0.4 is 9.47 Å². The van der Waals surface area contributed by atoms with Crippen molar-refractivity contribution in [2.24, 2.45) is 0 Å². The van der Waals surface area contributed by atoms with Crippen LogP contribution in [0.15, 0.2) is 42.5 Å². The number of benzene rings is 2. The van der Waals surface area contributed by atoms with Gasteiger partial charge in [0.2, 0.25) is 6.29 Å². The van der Waals surface area contributed by atoms with Gasteiger partial charge in [0.1, 0.15) is 17.1 Å². The van der Waals surface area contributed by atoms with E-state index in [2.05, 4.69) is 4.74 Å². The monoisotopic (exact) mass is 434 g/mol. The van der Waals surface area contributed by atoms with Gasteiger partial charge in [0, 0.05) is 38.1 Å². The fraction of sp³-hybridized carbons (Fsp3) is 0.167. The Hall–Kier alpha value is -4.55. The SMILES string of the molecule is CC(=O)OC(C)OC(=O)c1cc([N+](=O)[O-])ccc1OC(=O)Oc1ccc([N+](=O)[O-])cc1. The second-order valence-electron chi connectivity index (χ2n) is 5.73. The van der Waals surface area contributed by atoms with E-state index in [0.717, 1.165) is 49.4 Å². The Balaban J connectivity index is 2.21. The summed E-state index contributed by atoms with van der Waals surface area (Å²) in [6.45, 7) is 2.32. The van der Waals surface area contributed by atoms with E-state index in [4.69, 9.17) is 14.2 Å². The zero-order valence-corrected chi connectivity index (χ0v) is 16.0. The minimum Gasteiger partial charge on any atom is -0.426 e. The summed E-state index contributed by atoms with van der Waals surface area (Å²) in [5, 5.41) is 21.6. The van der Waals surface area contributed by atoms with Crippen LogP contribution in [0, 0.1) is 20.2 Å². The summed E-state index contributed by atoms with van der Waals surface area (Å²) in [5.41, 5.74) is -1.24. The summed E-state index contributed by atoms with van der Waals surface area (Å²) in [4.78, 5) is 55.5. The molecular formula is C18H14N2O11. The number of esters is 2. The van der Waals surface area contributed by atoms with Gasteiger partial charge in [0.25, 0.3) is 11.4 Å². The van der Waals surface area contributed by atoms with Gasteiger partial charge in [-0.05, 0) is 18.2 Å². The van der Waals surface area contributed by atoms with Crippen LogP contribution >= 0.6 is 0 Å². The van der Waals surface area contributed by atoms with Crippen molar-refractivity contribution in [3.63, 3.8) is 0 Å². The van der Waals surface area contributed by atoms with Gasteiger partial charge in [-0.15, -0.1) is 0 Å². The van der Waals surface area contributed by atoms with E-state index in [-0.39, 0.29) is 11.4 Å². The molecule has 0 N–H and O–H groups in total. The van der Waals surface area contributed by atoms with Crippen molar-refractivity contribution in [1.29, 1.82) is 0 Å². The highest BCUT2D eigenvalue weighted by molar-refractivity contribution is 5.94. The molecule has 0 radical (unpaired) electrons. The molecule has 0 saturated carbocycles. The van der Waals surface area contributed by atoms with Crippen molar-refractivity contribution < 1.29 is 43.2 Å². The van der Waals surface area contributed by atoms with Crippen LogP contribution in [0.3, 0.4) is 0 Å². The molecule has 0 bridgehead atoms. The van der Waals surface area contributed by atoms with Gasteiger partial charge in [-0.25, -0.2) is 9.59 Å². The first-order chi connectivity index (χ1) is 14.6. The average molecular weight is 434 g/mol. The molecule has 0 aliphatic heterocycles. The number of nitrogens with zero attached hydrogens (tertiary/aromatic N) is 2. The lowest BCUT2D eigenvalue weighted by Gasteiger charge is -2.14. The standard InChI is InChI=1S/C18H14N2O11/c1-10(21)28-11(2)29-17(22)15-9-13(20(26)27)5-8-16(15)31-18(23)30-14-6-3-12(4-7-14)19(24)25/h3-9,11H,1-2H3. The molecule has 13 heteroatoms. The first kappa shape index (κ1) is 22.7. The van der Waals surface area contributed by atoms with Crippen LogP contribution in [0.25, 0.3) is 0 Å². The van der Waals surface area contributed by atoms with Gasteiger partial charge < -0.3 is 18.9 Å². The summed E-state index contributed by atoms with van der Waals surface area (Å²) < 4.78 is 19.3. The lowest BCUT2D eigenvalue weighted by Crippen LogP contribution is -2.22. The van der Waals surface area contributed by atoms with Crippen molar-refractivity contribution >= 4 is 29.5 Å². The summed E-state index contributed by atoms with van der Waals surface area (Å²) >= 11 is 0. The van der Waals surface area contributed by atoms with E-state index in [1.165, 1.54) is 6.92 Å². The number of carbonyl (C=O) groups is 3. The molecular weight excluding hydrogens is 420 g/mol. The summed E-state index contributed by atoms with van der Waals surface area (Å²) in [5.74, 6) is -2.43. The summed E-state index contributed by atoms with van der Waals surface area (Å²) in [6.07, 6.45) is -2.64. The molecule has 1 unspecified atom stereocenters. The molecule has 1 atom stereocenters. The predicted octanol–water partition coefficient (Wildman–Crippen LogP) is 3.15. The highest BCUT2D eigenvalue weighted by Crippen LogP contribution is 2.26. The van der Waals surface area contributed by atoms with Gasteiger partial charge in [0.05, 0.1) is 9.85 Å². The van der Waals surface area contributed by atoms with Gasteiger partial charge >= 0.3 is 18.1 Å². The number of ether oxygens (including phenoxy) is 4. The van der Waals surface area contributed by atoms with Gasteiger partial charge in [-0.2, -0.15) is 0 Å². The van der Waals surface area contributed by atoms with E-state index in [0.29, 0.717) is 0 Å². The Morgan fingerprint density at radius 2 is 1.45 bits per heavy atom. The molecule has 0 aromatic heterocycles. The van der Waals surface area contributed by atoms with Gasteiger partial charge in [0.15, 0.2) is 0 Å². The lowest BCUT2D eigenvalue weighted by molar-refractivity contribution is -0.385. The molecule has 2 aromatic rings. The molecule has 0 aliphatic rings. The molecule has 0 fully saturated rings. The van der Waals surface area contributed by atoms with E-state index in [1.54, 1.807) is 0 Å². The van der Waals surface area contributed by atoms with E-state index in [9.17, 15) is 34.6 Å². The van der Waals surface area contributed by atoms with E-state index < -0.39 is 51.2 Å². The van der Waals surface area contributed by atoms with Crippen LogP contribution in [0.4, 0.5) is 16.2 Å². The Kier molecular flexibility index (Phi) is 7.17. The first-order valence-corrected chi connectivity index (χ1v) is 8.37. The first-order valence-electron chi connectivity index (χ1n) is 8.37. The normalized spacial score (nSPS) is 11.0. The molecule has 0 heterocycles. The Morgan fingerprint density at radius 3 is 2.00 bits per heavy atom. The molecule has 0 amide bonds. The van der Waals surface area contributed by atoms with E-state index in [1.807, 2.05) is 0 Å². The molecule has 31 heavy (non-hydrogen) atoms. The fourth-order valence-corrected chi connectivity index (χ4v) is 2.19. The van der Waals surface area contributed by atoms with Crippen LogP contribution in [-0.2, 0) is 14.3 Å². The zero-order valence-electron chi connectivity index (χ0n) is 16.0. The Labute approximate surface area is 173 Å². The van der Waals surface area contributed by atoms with Crippen LogP contribution in [0.1, 0.15) is 24.2 Å². The van der Waals surface area contributed by atoms with Crippen molar-refractivity contribution in [2.75, 3.05) is 0 Å². The maximum atomic E-state index is 12.3. The largest absolute Gasteiger partial charge is 0.519 e.